The van der Waals surface area contributed by atoms with Crippen LogP contribution >= 0.6 is 0 Å². The molecule has 4 rings (SSSR count). The van der Waals surface area contributed by atoms with Crippen molar-refractivity contribution in [2.45, 2.75) is 122 Å². The summed E-state index contributed by atoms with van der Waals surface area (Å²) in [7, 11) is 0. The molecule has 192 valence electrons. The average molecular weight is 467 g/mol. The molecule has 8 unspecified atom stereocenters. The van der Waals surface area contributed by atoms with E-state index in [1.54, 1.807) is 6.92 Å². The van der Waals surface area contributed by atoms with Crippen molar-refractivity contribution in [2.24, 2.45) is 46.3 Å². The second-order valence-corrected chi connectivity index (χ2v) is 13.7. The fourth-order valence-electron chi connectivity index (χ4n) is 9.56. The topological polar surface area (TPSA) is 101 Å². The van der Waals surface area contributed by atoms with Gasteiger partial charge in [-0.2, -0.15) is 0 Å². The Labute approximate surface area is 201 Å². The Balaban J connectivity index is 1.57. The van der Waals surface area contributed by atoms with E-state index in [9.17, 15) is 25.5 Å². The maximum Gasteiger partial charge on any atom is 0.0849 e. The van der Waals surface area contributed by atoms with E-state index in [4.69, 9.17) is 0 Å². The fraction of sp³-hybridized carbons (Fsp3) is 1.00. The highest BCUT2D eigenvalue weighted by molar-refractivity contribution is 5.18. The molecule has 0 heterocycles. The van der Waals surface area contributed by atoms with Crippen molar-refractivity contribution >= 4 is 0 Å². The SMILES string of the molecule is CC(CCCC(C)(O)CO)C1CCC2C3C(C[C@@](C)(O)C12C)C1(C)CC[C@@H](O)C[C@@H]1C[C@H]3O. The van der Waals surface area contributed by atoms with Crippen molar-refractivity contribution in [3.8, 4) is 0 Å². The van der Waals surface area contributed by atoms with Gasteiger partial charge in [-0.1, -0.05) is 33.6 Å². The largest absolute Gasteiger partial charge is 0.393 e. The van der Waals surface area contributed by atoms with Crippen molar-refractivity contribution in [3.63, 3.8) is 0 Å². The minimum Gasteiger partial charge on any atom is -0.393 e. The molecule has 33 heavy (non-hydrogen) atoms. The molecule has 12 atom stereocenters. The van der Waals surface area contributed by atoms with Gasteiger partial charge < -0.3 is 25.5 Å². The Hall–Kier alpha value is -0.200. The third kappa shape index (κ3) is 4.12. The predicted molar refractivity (Wildman–Crippen MR) is 129 cm³/mol. The normalized spacial score (nSPS) is 52.4. The zero-order valence-corrected chi connectivity index (χ0v) is 21.6. The third-order valence-corrected chi connectivity index (χ3v) is 11.8. The minimum atomic E-state index is -1.02. The fourth-order valence-corrected chi connectivity index (χ4v) is 9.56. The second-order valence-electron chi connectivity index (χ2n) is 13.7. The summed E-state index contributed by atoms with van der Waals surface area (Å²) in [6.07, 6.45) is 8.17. The molecule has 0 bridgehead atoms. The summed E-state index contributed by atoms with van der Waals surface area (Å²) in [5.74, 6) is 2.02. The van der Waals surface area contributed by atoms with Crippen LogP contribution < -0.4 is 0 Å². The Morgan fingerprint density at radius 2 is 1.73 bits per heavy atom. The highest BCUT2D eigenvalue weighted by atomic mass is 16.3. The highest BCUT2D eigenvalue weighted by Crippen LogP contribution is 2.70. The standard InChI is InChI=1S/C28H50O5/c1-17(7-6-11-25(2,32)16-29)20-8-9-21-24-22(15-27(4,33)28(20,21)5)26(3)12-10-19(30)13-18(26)14-23(24)31/h17-24,29-33H,6-16H2,1-5H3/t17?,18-,19-,20?,21?,22?,23-,24?,25?,26?,27-,28?/m1/s1. The number of aliphatic hydroxyl groups excluding tert-OH is 3. The monoisotopic (exact) mass is 466 g/mol. The van der Waals surface area contributed by atoms with Crippen molar-refractivity contribution in [3.05, 3.63) is 0 Å². The summed E-state index contributed by atoms with van der Waals surface area (Å²) in [6.45, 7) is 10.5. The van der Waals surface area contributed by atoms with E-state index < -0.39 is 11.2 Å². The maximum absolute atomic E-state index is 12.1. The van der Waals surface area contributed by atoms with Gasteiger partial charge in [0.2, 0.25) is 0 Å². The van der Waals surface area contributed by atoms with Crippen LogP contribution in [0.4, 0.5) is 0 Å². The van der Waals surface area contributed by atoms with Gasteiger partial charge >= 0.3 is 0 Å². The van der Waals surface area contributed by atoms with Crippen LogP contribution in [0, 0.1) is 46.3 Å². The molecule has 0 aromatic rings. The first-order chi connectivity index (χ1) is 15.3. The lowest BCUT2D eigenvalue weighted by atomic mass is 9.40. The molecule has 0 aromatic carbocycles. The zero-order chi connectivity index (χ0) is 24.4. The molecular formula is C28H50O5. The maximum atomic E-state index is 12.1. The van der Waals surface area contributed by atoms with E-state index in [1.165, 1.54) is 0 Å². The molecule has 4 fully saturated rings. The summed E-state index contributed by atoms with van der Waals surface area (Å²) in [4.78, 5) is 0. The van der Waals surface area contributed by atoms with Crippen LogP contribution in [0.3, 0.4) is 0 Å². The molecule has 0 amide bonds. The van der Waals surface area contributed by atoms with Crippen LogP contribution in [0.5, 0.6) is 0 Å². The molecule has 0 radical (unpaired) electrons. The van der Waals surface area contributed by atoms with E-state index in [0.717, 1.165) is 57.8 Å². The lowest BCUT2D eigenvalue weighted by Gasteiger charge is -2.66. The molecule has 4 saturated carbocycles. The first kappa shape index (κ1) is 25.9. The number of hydrogen-bond acceptors (Lipinski definition) is 5. The van der Waals surface area contributed by atoms with Gasteiger partial charge in [0.1, 0.15) is 0 Å². The Bertz CT molecular complexity index is 706. The Morgan fingerprint density at radius 1 is 1.03 bits per heavy atom. The minimum absolute atomic E-state index is 0.0913. The van der Waals surface area contributed by atoms with E-state index in [1.807, 2.05) is 0 Å². The molecule has 4 aliphatic carbocycles. The molecule has 5 N–H and O–H groups in total. The molecule has 0 aromatic heterocycles. The van der Waals surface area contributed by atoms with Crippen molar-refractivity contribution < 1.29 is 25.5 Å². The Kier molecular flexibility index (Phi) is 6.84. The summed E-state index contributed by atoms with van der Waals surface area (Å²) < 4.78 is 0. The summed E-state index contributed by atoms with van der Waals surface area (Å²) >= 11 is 0. The third-order valence-electron chi connectivity index (χ3n) is 11.8. The van der Waals surface area contributed by atoms with Gasteiger partial charge in [0.15, 0.2) is 0 Å². The van der Waals surface area contributed by atoms with Gasteiger partial charge in [-0.05, 0) is 106 Å². The summed E-state index contributed by atoms with van der Waals surface area (Å²) in [6, 6.07) is 0. The molecule has 0 aliphatic heterocycles. The van der Waals surface area contributed by atoms with E-state index in [2.05, 4.69) is 27.7 Å². The van der Waals surface area contributed by atoms with Crippen LogP contribution in [-0.4, -0.2) is 55.5 Å². The molecule has 0 saturated heterocycles. The smallest absolute Gasteiger partial charge is 0.0849 e. The number of aliphatic hydroxyl groups is 5. The molecule has 4 aliphatic rings. The van der Waals surface area contributed by atoms with Gasteiger partial charge in [0, 0.05) is 5.41 Å². The lowest BCUT2D eigenvalue weighted by Crippen LogP contribution is -2.66. The van der Waals surface area contributed by atoms with Crippen molar-refractivity contribution in [1.82, 2.24) is 0 Å². The highest BCUT2D eigenvalue weighted by Gasteiger charge is 2.69. The summed E-state index contributed by atoms with van der Waals surface area (Å²) in [5.41, 5.74) is -1.94. The van der Waals surface area contributed by atoms with Crippen molar-refractivity contribution in [1.29, 1.82) is 0 Å². The van der Waals surface area contributed by atoms with Gasteiger partial charge in [-0.3, -0.25) is 0 Å². The van der Waals surface area contributed by atoms with Crippen LogP contribution in [-0.2, 0) is 0 Å². The summed E-state index contributed by atoms with van der Waals surface area (Å²) in [5, 5.41) is 53.4. The van der Waals surface area contributed by atoms with Crippen LogP contribution in [0.1, 0.15) is 98.8 Å². The van der Waals surface area contributed by atoms with Crippen LogP contribution in [0.2, 0.25) is 0 Å². The van der Waals surface area contributed by atoms with E-state index >= 15 is 0 Å². The number of hydrogen-bond donors (Lipinski definition) is 5. The Morgan fingerprint density at radius 3 is 2.39 bits per heavy atom. The van der Waals surface area contributed by atoms with E-state index in [-0.39, 0.29) is 35.6 Å². The molecule has 5 heteroatoms. The predicted octanol–water partition coefficient (Wildman–Crippen LogP) is 3.89. The van der Waals surface area contributed by atoms with Gasteiger partial charge in [0.25, 0.3) is 0 Å². The van der Waals surface area contributed by atoms with Crippen LogP contribution in [0.15, 0.2) is 0 Å². The van der Waals surface area contributed by atoms with Gasteiger partial charge in [0.05, 0.1) is 30.0 Å². The zero-order valence-electron chi connectivity index (χ0n) is 21.6. The molecular weight excluding hydrogens is 416 g/mol. The molecule has 5 nitrogen and oxygen atoms in total. The van der Waals surface area contributed by atoms with Crippen molar-refractivity contribution in [2.75, 3.05) is 6.61 Å². The number of rotatable bonds is 6. The lowest BCUT2D eigenvalue weighted by molar-refractivity contribution is -0.240. The van der Waals surface area contributed by atoms with Gasteiger partial charge in [-0.25, -0.2) is 0 Å². The quantitative estimate of drug-likeness (QED) is 0.409. The second kappa shape index (κ2) is 8.73. The first-order valence-corrected chi connectivity index (χ1v) is 13.7. The molecule has 0 spiro atoms. The van der Waals surface area contributed by atoms with Gasteiger partial charge in [-0.15, -0.1) is 0 Å². The van der Waals surface area contributed by atoms with E-state index in [0.29, 0.717) is 36.0 Å². The number of fused-ring (bicyclic) bond motifs is 5. The van der Waals surface area contributed by atoms with Crippen LogP contribution in [0.25, 0.3) is 0 Å². The first-order valence-electron chi connectivity index (χ1n) is 13.7. The average Bonchev–Trinajstić information content (AvgIpc) is 3.09.